The lowest BCUT2D eigenvalue weighted by molar-refractivity contribution is 0.103. The van der Waals surface area contributed by atoms with E-state index in [9.17, 15) is 18.0 Å². The van der Waals surface area contributed by atoms with E-state index in [2.05, 4.69) is 0 Å². The van der Waals surface area contributed by atoms with Crippen molar-refractivity contribution in [2.45, 2.75) is 0 Å². The molecule has 0 unspecified atom stereocenters. The molecule has 92 valence electrons. The fraction of sp³-hybridized carbons (Fsp3) is 0. The Hall–Kier alpha value is -1.81. The van der Waals surface area contributed by atoms with Gasteiger partial charge in [0.15, 0.2) is 5.78 Å². The largest absolute Gasteiger partial charge is 0.288 e. The van der Waals surface area contributed by atoms with Crippen LogP contribution in [0.25, 0.3) is 0 Å². The maximum atomic E-state index is 13.4. The fourth-order valence-electron chi connectivity index (χ4n) is 1.47. The standard InChI is InChI=1S/C13H6ClF3O/c14-10-4-1-7(5-12(10)17)13(18)9-3-2-8(15)6-11(9)16/h1-6H. The molecule has 0 N–H and O–H groups in total. The van der Waals surface area contributed by atoms with Crippen LogP contribution in [-0.2, 0) is 0 Å². The van der Waals surface area contributed by atoms with Crippen LogP contribution in [0, 0.1) is 17.5 Å². The smallest absolute Gasteiger partial charge is 0.196 e. The number of ketones is 1. The quantitative estimate of drug-likeness (QED) is 0.754. The van der Waals surface area contributed by atoms with Crippen LogP contribution < -0.4 is 0 Å². The van der Waals surface area contributed by atoms with Gasteiger partial charge in [-0.2, -0.15) is 0 Å². The van der Waals surface area contributed by atoms with Crippen molar-refractivity contribution in [3.8, 4) is 0 Å². The molecule has 5 heteroatoms. The van der Waals surface area contributed by atoms with Crippen molar-refractivity contribution in [2.75, 3.05) is 0 Å². The van der Waals surface area contributed by atoms with Gasteiger partial charge < -0.3 is 0 Å². The predicted molar refractivity (Wildman–Crippen MR) is 61.2 cm³/mol. The molecule has 0 saturated carbocycles. The van der Waals surface area contributed by atoms with Crippen molar-refractivity contribution >= 4 is 17.4 Å². The molecule has 0 fully saturated rings. The van der Waals surface area contributed by atoms with Gasteiger partial charge in [-0.25, -0.2) is 13.2 Å². The van der Waals surface area contributed by atoms with Crippen LogP contribution in [0.4, 0.5) is 13.2 Å². The summed E-state index contributed by atoms with van der Waals surface area (Å²) < 4.78 is 39.3. The van der Waals surface area contributed by atoms with Gasteiger partial charge in [-0.05, 0) is 30.3 Å². The monoisotopic (exact) mass is 270 g/mol. The van der Waals surface area contributed by atoms with Crippen molar-refractivity contribution < 1.29 is 18.0 Å². The van der Waals surface area contributed by atoms with Crippen LogP contribution in [0.5, 0.6) is 0 Å². The molecular formula is C13H6ClF3O. The highest BCUT2D eigenvalue weighted by atomic mass is 35.5. The minimum atomic E-state index is -0.990. The minimum absolute atomic E-state index is 0.0533. The average Bonchev–Trinajstić information content (AvgIpc) is 2.32. The Balaban J connectivity index is 2.44. The second-order valence-corrected chi connectivity index (χ2v) is 3.99. The number of halogens is 4. The van der Waals surface area contributed by atoms with Crippen LogP contribution in [0.1, 0.15) is 15.9 Å². The molecule has 0 atom stereocenters. The van der Waals surface area contributed by atoms with Gasteiger partial charge in [0.1, 0.15) is 17.5 Å². The molecule has 0 aliphatic heterocycles. The first-order chi connectivity index (χ1) is 8.49. The molecule has 0 aliphatic rings. The number of hydrogen-bond acceptors (Lipinski definition) is 1. The Kier molecular flexibility index (Phi) is 3.39. The summed E-state index contributed by atoms with van der Waals surface area (Å²) in [6.45, 7) is 0. The van der Waals surface area contributed by atoms with Gasteiger partial charge in [0.2, 0.25) is 0 Å². The van der Waals surface area contributed by atoms with E-state index in [0.29, 0.717) is 6.07 Å². The summed E-state index contributed by atoms with van der Waals surface area (Å²) in [7, 11) is 0. The summed E-state index contributed by atoms with van der Waals surface area (Å²) in [6.07, 6.45) is 0. The van der Waals surface area contributed by atoms with Crippen LogP contribution in [0.3, 0.4) is 0 Å². The summed E-state index contributed by atoms with van der Waals surface area (Å²) in [5.74, 6) is -3.28. The second kappa shape index (κ2) is 4.82. The number of carbonyl (C=O) groups is 1. The second-order valence-electron chi connectivity index (χ2n) is 3.58. The number of carbonyl (C=O) groups excluding carboxylic acids is 1. The van der Waals surface area contributed by atoms with Crippen LogP contribution in [-0.4, -0.2) is 5.78 Å². The molecule has 2 rings (SSSR count). The van der Waals surface area contributed by atoms with Crippen LogP contribution in [0.2, 0.25) is 5.02 Å². The Bertz CT molecular complexity index is 626. The SMILES string of the molecule is O=C(c1ccc(Cl)c(F)c1)c1ccc(F)cc1F. The van der Waals surface area contributed by atoms with E-state index in [1.807, 2.05) is 0 Å². The molecule has 1 nitrogen and oxygen atoms in total. The molecule has 2 aromatic rings. The normalized spacial score (nSPS) is 10.4. The highest BCUT2D eigenvalue weighted by molar-refractivity contribution is 6.30. The molecule has 0 radical (unpaired) electrons. The van der Waals surface area contributed by atoms with E-state index in [-0.39, 0.29) is 16.1 Å². The number of hydrogen-bond donors (Lipinski definition) is 0. The molecular weight excluding hydrogens is 265 g/mol. The van der Waals surface area contributed by atoms with Crippen molar-refractivity contribution in [1.82, 2.24) is 0 Å². The van der Waals surface area contributed by atoms with Crippen LogP contribution >= 0.6 is 11.6 Å². The lowest BCUT2D eigenvalue weighted by atomic mass is 10.0. The highest BCUT2D eigenvalue weighted by Gasteiger charge is 2.15. The highest BCUT2D eigenvalue weighted by Crippen LogP contribution is 2.19. The van der Waals surface area contributed by atoms with Crippen molar-refractivity contribution in [1.29, 1.82) is 0 Å². The third kappa shape index (κ3) is 2.38. The molecule has 0 amide bonds. The van der Waals surface area contributed by atoms with Crippen molar-refractivity contribution in [3.05, 3.63) is 70.0 Å². The van der Waals surface area contributed by atoms with E-state index >= 15 is 0 Å². The minimum Gasteiger partial charge on any atom is -0.288 e. The van der Waals surface area contributed by atoms with Crippen LogP contribution in [0.15, 0.2) is 36.4 Å². The lowest BCUT2D eigenvalue weighted by Crippen LogP contribution is -2.05. The Morgan fingerprint density at radius 3 is 2.28 bits per heavy atom. The van der Waals surface area contributed by atoms with Gasteiger partial charge in [0, 0.05) is 11.6 Å². The summed E-state index contributed by atoms with van der Waals surface area (Å²) in [4.78, 5) is 11.9. The van der Waals surface area contributed by atoms with Gasteiger partial charge in [-0.1, -0.05) is 11.6 Å². The number of benzene rings is 2. The summed E-state index contributed by atoms with van der Waals surface area (Å²) in [6, 6.07) is 5.96. The van der Waals surface area contributed by atoms with Crippen molar-refractivity contribution in [3.63, 3.8) is 0 Å². The zero-order valence-electron chi connectivity index (χ0n) is 8.88. The van der Waals surface area contributed by atoms with E-state index in [1.54, 1.807) is 0 Å². The van der Waals surface area contributed by atoms with E-state index in [1.165, 1.54) is 12.1 Å². The fourth-order valence-corrected chi connectivity index (χ4v) is 1.58. The van der Waals surface area contributed by atoms with Gasteiger partial charge in [-0.3, -0.25) is 4.79 Å². The summed E-state index contributed by atoms with van der Waals surface area (Å²) in [5.41, 5.74) is -0.375. The molecule has 0 spiro atoms. The first kappa shape index (κ1) is 12.6. The summed E-state index contributed by atoms with van der Waals surface area (Å²) in [5, 5.41) is -0.133. The Labute approximate surface area is 106 Å². The Morgan fingerprint density at radius 1 is 0.944 bits per heavy atom. The third-order valence-electron chi connectivity index (χ3n) is 2.36. The molecule has 0 heterocycles. The first-order valence-electron chi connectivity index (χ1n) is 4.94. The topological polar surface area (TPSA) is 17.1 Å². The van der Waals surface area contributed by atoms with Gasteiger partial charge in [-0.15, -0.1) is 0 Å². The molecule has 0 aliphatic carbocycles. The predicted octanol–water partition coefficient (Wildman–Crippen LogP) is 3.99. The number of rotatable bonds is 2. The Morgan fingerprint density at radius 2 is 1.67 bits per heavy atom. The lowest BCUT2D eigenvalue weighted by Gasteiger charge is -2.03. The van der Waals surface area contributed by atoms with E-state index < -0.39 is 23.2 Å². The van der Waals surface area contributed by atoms with Gasteiger partial charge in [0.05, 0.1) is 10.6 Å². The van der Waals surface area contributed by atoms with Gasteiger partial charge >= 0.3 is 0 Å². The molecule has 0 saturated heterocycles. The molecule has 2 aromatic carbocycles. The maximum absolute atomic E-state index is 13.4. The molecule has 0 aromatic heterocycles. The van der Waals surface area contributed by atoms with E-state index in [0.717, 1.165) is 18.2 Å². The maximum Gasteiger partial charge on any atom is 0.196 e. The van der Waals surface area contributed by atoms with Gasteiger partial charge in [0.25, 0.3) is 0 Å². The van der Waals surface area contributed by atoms with Crippen molar-refractivity contribution in [2.24, 2.45) is 0 Å². The molecule has 0 bridgehead atoms. The zero-order valence-corrected chi connectivity index (χ0v) is 9.64. The molecule has 18 heavy (non-hydrogen) atoms. The average molecular weight is 271 g/mol. The van der Waals surface area contributed by atoms with E-state index in [4.69, 9.17) is 11.6 Å². The zero-order chi connectivity index (χ0) is 13.3. The third-order valence-corrected chi connectivity index (χ3v) is 2.66. The summed E-state index contributed by atoms with van der Waals surface area (Å²) >= 11 is 5.47. The first-order valence-corrected chi connectivity index (χ1v) is 5.31.